The number of hydrogen-bond donors (Lipinski definition) is 2. The van der Waals surface area contributed by atoms with Crippen LogP contribution in [0.1, 0.15) is 53.4 Å². The molecule has 1 unspecified atom stereocenters. The fourth-order valence-corrected chi connectivity index (χ4v) is 5.00. The third kappa shape index (κ3) is 5.51. The molecule has 208 valence electrons. The van der Waals surface area contributed by atoms with E-state index in [9.17, 15) is 22.2 Å². The lowest BCUT2D eigenvalue weighted by atomic mass is 9.66. The maximum Gasteiger partial charge on any atom is 0.435 e. The summed E-state index contributed by atoms with van der Waals surface area (Å²) in [4.78, 5) is 17.5. The van der Waals surface area contributed by atoms with E-state index < -0.39 is 67.4 Å². The number of alkyl halides is 3. The highest BCUT2D eigenvalue weighted by Crippen LogP contribution is 2.47. The van der Waals surface area contributed by atoms with E-state index in [0.717, 1.165) is 26.2 Å². The smallest absolute Gasteiger partial charge is 0.435 e. The molecule has 4 rings (SSSR count). The van der Waals surface area contributed by atoms with Crippen molar-refractivity contribution in [1.82, 2.24) is 15.2 Å². The lowest BCUT2D eigenvalue weighted by molar-refractivity contribution is -0.142. The highest BCUT2D eigenvalue weighted by Gasteiger charge is 2.40. The molecule has 1 aliphatic rings. The van der Waals surface area contributed by atoms with E-state index in [1.807, 2.05) is 6.92 Å². The minimum atomic E-state index is -4.94. The number of methoxy groups -OCH3 is 1. The Bertz CT molecular complexity index is 1560. The zero-order chi connectivity index (χ0) is 28.8. The number of ether oxygens (including phenoxy) is 2. The molecule has 9 nitrogen and oxygen atoms in total. The predicted octanol–water partition coefficient (Wildman–Crippen LogP) is 5.87. The van der Waals surface area contributed by atoms with Crippen molar-refractivity contribution in [2.45, 2.75) is 49.6 Å². The number of carbonyl (C=O) groups is 1. The van der Waals surface area contributed by atoms with Crippen LogP contribution in [-0.4, -0.2) is 38.7 Å². The number of aromatic nitrogens is 3. The molecule has 0 bridgehead atoms. The molecule has 1 atom stereocenters. The second-order valence-corrected chi connectivity index (χ2v) is 11.7. The second-order valence-electron chi connectivity index (χ2n) is 9.52. The first-order valence-electron chi connectivity index (χ1n) is 11.7. The fraction of sp³-hybridized carbons (Fsp3) is 0.360. The lowest BCUT2D eigenvalue weighted by Gasteiger charge is -2.38. The molecular weight excluding hydrogens is 542 g/mol. The molecule has 1 aliphatic carbocycles. The molecule has 0 spiro atoms. The average molecular weight is 568 g/mol. The minimum absolute atomic E-state index is 0.0647. The van der Waals surface area contributed by atoms with Gasteiger partial charge >= 0.3 is 6.18 Å². The zero-order valence-electron chi connectivity index (χ0n) is 21.4. The number of halogens is 4. The summed E-state index contributed by atoms with van der Waals surface area (Å²) in [5, 5.41) is 9.08. The van der Waals surface area contributed by atoms with Crippen LogP contribution in [0.3, 0.4) is 0 Å². The van der Waals surface area contributed by atoms with Crippen LogP contribution in [0.25, 0.3) is 0 Å². The monoisotopic (exact) mass is 567 g/mol. The topological polar surface area (TPSA) is 127 Å². The molecule has 39 heavy (non-hydrogen) atoms. The maximum atomic E-state index is 15.4. The van der Waals surface area contributed by atoms with Gasteiger partial charge in [-0.25, -0.2) is 18.4 Å². The summed E-state index contributed by atoms with van der Waals surface area (Å²) in [6, 6.07) is 5.52. The Morgan fingerprint density at radius 2 is 1.90 bits per heavy atom. The molecule has 1 amide bonds. The molecule has 1 saturated carbocycles. The van der Waals surface area contributed by atoms with Crippen molar-refractivity contribution < 1.29 is 36.0 Å². The van der Waals surface area contributed by atoms with E-state index in [1.54, 1.807) is 0 Å². The van der Waals surface area contributed by atoms with Crippen molar-refractivity contribution in [1.29, 1.82) is 4.78 Å². The van der Waals surface area contributed by atoms with Crippen LogP contribution >= 0.6 is 0 Å². The van der Waals surface area contributed by atoms with Gasteiger partial charge in [-0.05, 0) is 48.9 Å². The summed E-state index contributed by atoms with van der Waals surface area (Å²) in [6.45, 7) is 2.90. The molecule has 0 aliphatic heterocycles. The van der Waals surface area contributed by atoms with Crippen LogP contribution < -0.4 is 14.8 Å². The van der Waals surface area contributed by atoms with Crippen molar-refractivity contribution in [3.8, 4) is 17.5 Å². The van der Waals surface area contributed by atoms with Gasteiger partial charge in [-0.15, -0.1) is 10.2 Å². The Kier molecular flexibility index (Phi) is 7.27. The number of carbonyl (C=O) groups excluding carboxylic acids is 1. The lowest BCUT2D eigenvalue weighted by Crippen LogP contribution is -2.31. The highest BCUT2D eigenvalue weighted by atomic mass is 32.2. The van der Waals surface area contributed by atoms with Crippen molar-refractivity contribution >= 4 is 21.3 Å². The van der Waals surface area contributed by atoms with Crippen LogP contribution in [0.5, 0.6) is 17.5 Å². The van der Waals surface area contributed by atoms with Gasteiger partial charge < -0.3 is 14.8 Å². The fourth-order valence-electron chi connectivity index (χ4n) is 4.31. The summed E-state index contributed by atoms with van der Waals surface area (Å²) < 4.78 is 86.8. The Labute approximate surface area is 221 Å². The van der Waals surface area contributed by atoms with Crippen LogP contribution in [0.4, 0.5) is 23.2 Å². The van der Waals surface area contributed by atoms with Crippen molar-refractivity contribution in [3.63, 3.8) is 0 Å². The molecule has 2 heterocycles. The van der Waals surface area contributed by atoms with Gasteiger partial charge in [0.1, 0.15) is 5.56 Å². The van der Waals surface area contributed by atoms with Crippen LogP contribution in [-0.2, 0) is 21.3 Å². The van der Waals surface area contributed by atoms with E-state index in [2.05, 4.69) is 20.5 Å². The normalized spacial score (nSPS) is 16.1. The summed E-state index contributed by atoms with van der Waals surface area (Å²) in [6.07, 6.45) is -0.0664. The number of nitrogens with zero attached hydrogens (tertiary/aromatic N) is 3. The molecule has 0 saturated heterocycles. The van der Waals surface area contributed by atoms with E-state index >= 15 is 4.39 Å². The molecule has 1 fully saturated rings. The van der Waals surface area contributed by atoms with Gasteiger partial charge in [-0.3, -0.25) is 4.79 Å². The SMILES string of the molecule is COc1c(Oc2nnc(C(F)(F)F)c(C)c2C(=O)Nc2cccc(S(C)(=N)=O)c2)ncc(C2(C)CCC2)c1F. The molecule has 14 heteroatoms. The van der Waals surface area contributed by atoms with Crippen molar-refractivity contribution in [2.24, 2.45) is 0 Å². The van der Waals surface area contributed by atoms with Gasteiger partial charge in [0, 0.05) is 28.6 Å². The first kappa shape index (κ1) is 28.2. The number of amides is 1. The Morgan fingerprint density at radius 1 is 1.21 bits per heavy atom. The molecule has 2 N–H and O–H groups in total. The van der Waals surface area contributed by atoms with E-state index in [0.29, 0.717) is 5.56 Å². The van der Waals surface area contributed by atoms with Gasteiger partial charge in [0.15, 0.2) is 11.5 Å². The zero-order valence-corrected chi connectivity index (χ0v) is 22.2. The minimum Gasteiger partial charge on any atom is -0.489 e. The number of nitrogens with one attached hydrogen (secondary N) is 2. The third-order valence-corrected chi connectivity index (χ3v) is 7.82. The number of pyridine rings is 1. The summed E-state index contributed by atoms with van der Waals surface area (Å²) in [7, 11) is -1.95. The quantitative estimate of drug-likeness (QED) is 0.342. The summed E-state index contributed by atoms with van der Waals surface area (Å²) >= 11 is 0. The first-order valence-corrected chi connectivity index (χ1v) is 13.6. The Balaban J connectivity index is 1.78. The number of benzene rings is 1. The first-order chi connectivity index (χ1) is 18.2. The Morgan fingerprint density at radius 3 is 2.46 bits per heavy atom. The summed E-state index contributed by atoms with van der Waals surface area (Å²) in [5.74, 6) is -3.31. The van der Waals surface area contributed by atoms with Gasteiger partial charge in [-0.2, -0.15) is 13.2 Å². The van der Waals surface area contributed by atoms with E-state index in [1.165, 1.54) is 43.8 Å². The van der Waals surface area contributed by atoms with Gasteiger partial charge in [0.25, 0.3) is 17.7 Å². The van der Waals surface area contributed by atoms with Crippen LogP contribution in [0, 0.1) is 17.5 Å². The number of anilines is 1. The molecule has 1 aromatic carbocycles. The van der Waals surface area contributed by atoms with E-state index in [-0.39, 0.29) is 10.6 Å². The third-order valence-electron chi connectivity index (χ3n) is 6.67. The van der Waals surface area contributed by atoms with Crippen molar-refractivity contribution in [3.05, 3.63) is 58.7 Å². The van der Waals surface area contributed by atoms with Gasteiger partial charge in [0.05, 0.1) is 16.8 Å². The maximum absolute atomic E-state index is 15.4. The van der Waals surface area contributed by atoms with Crippen molar-refractivity contribution in [2.75, 3.05) is 18.7 Å². The molecular formula is C25H25F4N5O4S. The second kappa shape index (κ2) is 10.1. The number of rotatable bonds is 7. The van der Waals surface area contributed by atoms with Gasteiger partial charge in [-0.1, -0.05) is 19.4 Å². The molecule has 3 aromatic rings. The van der Waals surface area contributed by atoms with Gasteiger partial charge in [0.2, 0.25) is 5.75 Å². The van der Waals surface area contributed by atoms with Crippen LogP contribution in [0.15, 0.2) is 35.4 Å². The Hall–Kier alpha value is -3.81. The standard InChI is InChI=1S/C25H25F4N5O4S/c1-13-17(21(35)32-14-7-5-8-15(11-14)39(4,30)36)22(34-33-20(13)25(27,28)29)38-23-19(37-3)18(26)16(12-31-23)24(2)9-6-10-24/h5,7-8,11-12,30H,6,9-10H2,1-4H3,(H,32,35). The predicted molar refractivity (Wildman–Crippen MR) is 133 cm³/mol. The van der Waals surface area contributed by atoms with E-state index in [4.69, 9.17) is 14.3 Å². The highest BCUT2D eigenvalue weighted by molar-refractivity contribution is 7.91. The average Bonchev–Trinajstić information content (AvgIpc) is 2.82. The number of hydrogen-bond acceptors (Lipinski definition) is 8. The molecule has 2 aromatic heterocycles. The van der Waals surface area contributed by atoms with Crippen LogP contribution in [0.2, 0.25) is 0 Å². The largest absolute Gasteiger partial charge is 0.489 e. The summed E-state index contributed by atoms with van der Waals surface area (Å²) in [5.41, 5.74) is -2.71. The molecule has 0 radical (unpaired) electrons.